The highest BCUT2D eigenvalue weighted by atomic mass is 35.5. The van der Waals surface area contributed by atoms with Gasteiger partial charge in [0.05, 0.1) is 21.3 Å². The highest BCUT2D eigenvalue weighted by molar-refractivity contribution is 7.14. The Morgan fingerprint density at radius 1 is 1.21 bits per heavy atom. The van der Waals surface area contributed by atoms with Crippen molar-refractivity contribution in [2.75, 3.05) is 0 Å². The van der Waals surface area contributed by atoms with Crippen LogP contribution in [0.5, 0.6) is 0 Å². The normalized spacial score (nSPS) is 24.7. The number of rotatable bonds is 2. The molecule has 2 heterocycles. The molecule has 1 aromatic carbocycles. The topological polar surface area (TPSA) is 47.6 Å². The van der Waals surface area contributed by atoms with Crippen molar-refractivity contribution >= 4 is 40.3 Å². The molecule has 2 aliphatic rings. The van der Waals surface area contributed by atoms with Gasteiger partial charge in [-0.15, -0.1) is 11.3 Å². The molecular formula is C18H14Cl2F4N2OS. The minimum Gasteiger partial charge on any atom is -0.374 e. The maximum absolute atomic E-state index is 14.0. The lowest BCUT2D eigenvalue weighted by atomic mass is 9.87. The lowest BCUT2D eigenvalue weighted by Crippen LogP contribution is -2.42. The van der Waals surface area contributed by atoms with E-state index in [2.05, 4.69) is 5.16 Å². The molecule has 0 amide bonds. The number of aryl methyl sites for hydroxylation is 1. The van der Waals surface area contributed by atoms with Gasteiger partial charge in [-0.2, -0.15) is 13.2 Å². The van der Waals surface area contributed by atoms with Crippen LogP contribution in [0.3, 0.4) is 0 Å². The molecule has 2 aromatic rings. The molecule has 3 nitrogen and oxygen atoms in total. The van der Waals surface area contributed by atoms with Gasteiger partial charge < -0.3 is 10.6 Å². The van der Waals surface area contributed by atoms with Crippen molar-refractivity contribution in [3.05, 3.63) is 54.9 Å². The van der Waals surface area contributed by atoms with Crippen LogP contribution in [0.4, 0.5) is 17.6 Å². The molecule has 2 unspecified atom stereocenters. The van der Waals surface area contributed by atoms with Crippen LogP contribution < -0.4 is 5.73 Å². The predicted octanol–water partition coefficient (Wildman–Crippen LogP) is 6.11. The van der Waals surface area contributed by atoms with Crippen molar-refractivity contribution in [3.63, 3.8) is 0 Å². The largest absolute Gasteiger partial charge is 0.435 e. The SMILES string of the molecule is NC1CCCc2sc(C3=NOC(c4cc(Cl)c(F)c(Cl)c4)(C(F)(F)F)C3)cc21. The lowest BCUT2D eigenvalue weighted by Gasteiger charge is -2.29. The van der Waals surface area contributed by atoms with Crippen LogP contribution in [0.25, 0.3) is 0 Å². The molecule has 0 bridgehead atoms. The number of thiophene rings is 1. The zero-order valence-corrected chi connectivity index (χ0v) is 16.6. The molecule has 28 heavy (non-hydrogen) atoms. The highest BCUT2D eigenvalue weighted by Crippen LogP contribution is 2.50. The zero-order chi connectivity index (χ0) is 20.3. The van der Waals surface area contributed by atoms with Crippen LogP contribution >= 0.6 is 34.5 Å². The Kier molecular flexibility index (Phi) is 4.89. The summed E-state index contributed by atoms with van der Waals surface area (Å²) in [4.78, 5) is 6.62. The first-order valence-electron chi connectivity index (χ1n) is 8.48. The minimum atomic E-state index is -4.82. The fourth-order valence-electron chi connectivity index (χ4n) is 3.56. The molecule has 0 radical (unpaired) electrons. The Hall–Kier alpha value is -1.35. The van der Waals surface area contributed by atoms with E-state index in [0.717, 1.165) is 41.8 Å². The summed E-state index contributed by atoms with van der Waals surface area (Å²) in [5, 5.41) is 2.71. The van der Waals surface area contributed by atoms with E-state index in [1.807, 2.05) is 0 Å². The third-order valence-electron chi connectivity index (χ3n) is 5.08. The van der Waals surface area contributed by atoms with E-state index in [1.54, 1.807) is 6.07 Å². The number of nitrogens with two attached hydrogens (primary N) is 1. The second-order valence-corrected chi connectivity index (χ2v) is 8.82. The average molecular weight is 453 g/mol. The van der Waals surface area contributed by atoms with Crippen molar-refractivity contribution in [1.82, 2.24) is 0 Å². The van der Waals surface area contributed by atoms with Crippen LogP contribution in [0, 0.1) is 5.82 Å². The zero-order valence-electron chi connectivity index (χ0n) is 14.2. The Morgan fingerprint density at radius 2 is 1.89 bits per heavy atom. The van der Waals surface area contributed by atoms with E-state index in [9.17, 15) is 17.6 Å². The van der Waals surface area contributed by atoms with Gasteiger partial charge in [0, 0.05) is 16.5 Å². The highest BCUT2D eigenvalue weighted by Gasteiger charge is 2.62. The number of hydrogen-bond acceptors (Lipinski definition) is 4. The van der Waals surface area contributed by atoms with E-state index in [0.29, 0.717) is 4.88 Å². The van der Waals surface area contributed by atoms with Gasteiger partial charge in [0.15, 0.2) is 5.82 Å². The smallest absolute Gasteiger partial charge is 0.374 e. The van der Waals surface area contributed by atoms with Crippen LogP contribution in [0.2, 0.25) is 10.0 Å². The van der Waals surface area contributed by atoms with Gasteiger partial charge in [-0.25, -0.2) is 4.39 Å². The van der Waals surface area contributed by atoms with Crippen molar-refractivity contribution in [1.29, 1.82) is 0 Å². The summed E-state index contributed by atoms with van der Waals surface area (Å²) in [7, 11) is 0. The number of nitrogens with zero attached hydrogens (tertiary/aromatic N) is 1. The third-order valence-corrected chi connectivity index (χ3v) is 6.89. The maximum atomic E-state index is 14.0. The quantitative estimate of drug-likeness (QED) is 0.441. The summed E-state index contributed by atoms with van der Waals surface area (Å²) in [6.45, 7) is 0. The second kappa shape index (κ2) is 6.86. The summed E-state index contributed by atoms with van der Waals surface area (Å²) >= 11 is 12.8. The van der Waals surface area contributed by atoms with Gasteiger partial charge in [-0.3, -0.25) is 0 Å². The lowest BCUT2D eigenvalue weighted by molar-refractivity contribution is -0.275. The van der Waals surface area contributed by atoms with Gasteiger partial charge in [0.25, 0.3) is 5.60 Å². The number of oxime groups is 1. The predicted molar refractivity (Wildman–Crippen MR) is 101 cm³/mol. The van der Waals surface area contributed by atoms with E-state index in [4.69, 9.17) is 33.8 Å². The number of halogens is 6. The van der Waals surface area contributed by atoms with E-state index < -0.39 is 39.6 Å². The van der Waals surface area contributed by atoms with Crippen molar-refractivity contribution in [2.45, 2.75) is 43.5 Å². The molecule has 150 valence electrons. The summed E-state index contributed by atoms with van der Waals surface area (Å²) in [5.41, 5.74) is 4.05. The number of fused-ring (bicyclic) bond motifs is 1. The van der Waals surface area contributed by atoms with Gasteiger partial charge in [0.1, 0.15) is 5.71 Å². The van der Waals surface area contributed by atoms with E-state index >= 15 is 0 Å². The van der Waals surface area contributed by atoms with Crippen molar-refractivity contribution in [2.24, 2.45) is 10.9 Å². The molecular weight excluding hydrogens is 439 g/mol. The van der Waals surface area contributed by atoms with Crippen molar-refractivity contribution < 1.29 is 22.4 Å². The van der Waals surface area contributed by atoms with Crippen LogP contribution in [0.1, 0.15) is 46.2 Å². The molecule has 0 spiro atoms. The third kappa shape index (κ3) is 3.10. The molecule has 1 aliphatic carbocycles. The Bertz CT molecular complexity index is 952. The van der Waals surface area contributed by atoms with Gasteiger partial charge in [-0.05, 0) is 43.0 Å². The van der Waals surface area contributed by atoms with Crippen LogP contribution in [-0.4, -0.2) is 11.9 Å². The van der Waals surface area contributed by atoms with Gasteiger partial charge >= 0.3 is 6.18 Å². The summed E-state index contributed by atoms with van der Waals surface area (Å²) in [6.07, 6.45) is -2.77. The fraction of sp³-hybridized carbons (Fsp3) is 0.389. The molecule has 0 saturated heterocycles. The Morgan fingerprint density at radius 3 is 2.50 bits per heavy atom. The molecule has 0 saturated carbocycles. The minimum absolute atomic E-state index is 0.126. The Balaban J connectivity index is 1.73. The van der Waals surface area contributed by atoms with Crippen molar-refractivity contribution in [3.8, 4) is 0 Å². The fourth-order valence-corrected chi connectivity index (χ4v) is 5.30. The van der Waals surface area contributed by atoms with E-state index in [-0.39, 0.29) is 11.8 Å². The molecule has 4 rings (SSSR count). The first kappa shape index (κ1) is 19.9. The van der Waals surface area contributed by atoms with Crippen LogP contribution in [-0.2, 0) is 16.9 Å². The number of alkyl halides is 3. The molecule has 0 fully saturated rings. The van der Waals surface area contributed by atoms with Gasteiger partial charge in [0.2, 0.25) is 0 Å². The standard InChI is InChI=1S/C18H14Cl2F4N2OS/c19-10-4-8(5-11(20)16(10)21)17(18(22,23)24)7-13(26-27-17)15-6-9-12(25)2-1-3-14(9)28-15/h4-6,12H,1-3,7,25H2. The monoisotopic (exact) mass is 452 g/mol. The summed E-state index contributed by atoms with van der Waals surface area (Å²) in [6, 6.07) is 3.43. The second-order valence-electron chi connectivity index (χ2n) is 6.87. The summed E-state index contributed by atoms with van der Waals surface area (Å²) in [5.74, 6) is -0.983. The summed E-state index contributed by atoms with van der Waals surface area (Å²) < 4.78 is 55.8. The molecule has 10 heteroatoms. The molecule has 1 aromatic heterocycles. The van der Waals surface area contributed by atoms with Gasteiger partial charge in [-0.1, -0.05) is 28.4 Å². The number of benzene rings is 1. The van der Waals surface area contributed by atoms with Crippen LogP contribution in [0.15, 0.2) is 23.4 Å². The number of hydrogen-bond donors (Lipinski definition) is 1. The Labute approximate surface area is 172 Å². The first-order chi connectivity index (χ1) is 13.1. The average Bonchev–Trinajstić information content (AvgIpc) is 3.24. The molecule has 2 N–H and O–H groups in total. The van der Waals surface area contributed by atoms with E-state index in [1.165, 1.54) is 11.3 Å². The first-order valence-corrected chi connectivity index (χ1v) is 10.0. The maximum Gasteiger partial charge on any atom is 0.435 e. The molecule has 1 aliphatic heterocycles. The molecule has 2 atom stereocenters.